The molecule has 0 bridgehead atoms. The lowest BCUT2D eigenvalue weighted by molar-refractivity contribution is -0.128. The van der Waals surface area contributed by atoms with Crippen LogP contribution in [0.4, 0.5) is 0 Å². The summed E-state index contributed by atoms with van der Waals surface area (Å²) in [5.41, 5.74) is 21.5. The number of Topliss-reactive ketones (excluding diaryl/α,β-unsaturated/α-hetero) is 7. The molecule has 18 heteroatoms. The number of nitrogens with two attached hydrogens (primary N) is 2. The first-order valence-electron chi connectivity index (χ1n) is 48.2. The van der Waals surface area contributed by atoms with Crippen molar-refractivity contribution < 1.29 is 43.0 Å². The van der Waals surface area contributed by atoms with E-state index in [2.05, 4.69) is 177 Å². The van der Waals surface area contributed by atoms with Crippen molar-refractivity contribution in [2.45, 2.75) is 298 Å². The summed E-state index contributed by atoms with van der Waals surface area (Å²) in [4.78, 5) is 85.5. The Bertz CT molecular complexity index is 4880. The minimum atomic E-state index is -0.851. The van der Waals surface area contributed by atoms with Crippen LogP contribution in [-0.2, 0) is 77.9 Å². The van der Waals surface area contributed by atoms with Crippen LogP contribution in [0.3, 0.4) is 0 Å². The van der Waals surface area contributed by atoms with Gasteiger partial charge in [-0.2, -0.15) is 0 Å². The highest BCUT2D eigenvalue weighted by Crippen LogP contribution is 2.44. The molecule has 0 heterocycles. The second-order valence-electron chi connectivity index (χ2n) is 36.6. The van der Waals surface area contributed by atoms with Crippen LogP contribution in [0.15, 0.2) is 206 Å². The van der Waals surface area contributed by atoms with Gasteiger partial charge in [0.25, 0.3) is 0 Å². The van der Waals surface area contributed by atoms with E-state index in [-0.39, 0.29) is 11.3 Å². The van der Waals surface area contributed by atoms with Crippen LogP contribution in [0.1, 0.15) is 294 Å². The highest BCUT2D eigenvalue weighted by molar-refractivity contribution is 6.31. The van der Waals surface area contributed by atoms with Gasteiger partial charge in [0.1, 0.15) is 50.3 Å². The fourth-order valence-electron chi connectivity index (χ4n) is 20.9. The molecule has 10 N–H and O–H groups in total. The molecule has 16 rings (SSSR count). The first-order chi connectivity index (χ1) is 62.2. The second-order valence-corrected chi connectivity index (χ2v) is 37.0. The van der Waals surface area contributed by atoms with Gasteiger partial charge in [-0.15, -0.1) is 0 Å². The van der Waals surface area contributed by atoms with Gasteiger partial charge in [-0.25, -0.2) is 0 Å². The number of hydrogen-bond donors (Lipinski definition) is 8. The zero-order valence-corrected chi connectivity index (χ0v) is 80.4. The molecule has 17 nitrogen and oxygen atoms in total. The predicted octanol–water partition coefficient (Wildman–Crippen LogP) is 21.3. The molecule has 8 fully saturated rings. The molecule has 0 amide bonds. The van der Waals surface area contributed by atoms with Gasteiger partial charge in [0.15, 0.2) is 40.5 Å². The molecule has 8 aromatic rings. The van der Waals surface area contributed by atoms with E-state index in [1.54, 1.807) is 20.3 Å². The molecule has 1 unspecified atom stereocenters. The lowest BCUT2D eigenvalue weighted by Gasteiger charge is -2.40. The van der Waals surface area contributed by atoms with E-state index in [0.29, 0.717) is 97.0 Å². The lowest BCUT2D eigenvalue weighted by Crippen LogP contribution is -2.50. The minimum Gasteiger partial charge on any atom is -0.497 e. The predicted molar refractivity (Wildman–Crippen MR) is 526 cm³/mol. The number of methoxy groups -OCH3 is 2. The average molecular weight is 1780 g/mol. The Balaban J connectivity index is 0.000000166. The topological polar surface area (TPSA) is 262 Å². The molecule has 0 spiro atoms. The van der Waals surface area contributed by atoms with Crippen molar-refractivity contribution >= 4 is 52.1 Å². The Morgan fingerprint density at radius 2 is 0.636 bits per heavy atom. The van der Waals surface area contributed by atoms with Gasteiger partial charge in [0.05, 0.1) is 14.2 Å². The number of ketones is 7. The van der Waals surface area contributed by atoms with E-state index in [4.69, 9.17) is 32.5 Å². The maximum atomic E-state index is 12.4. The van der Waals surface area contributed by atoms with Crippen LogP contribution >= 0.6 is 11.6 Å². The standard InChI is InChI=1S/C15H21NO2.C15H21NO.C14H19NO2.3C14H19NO.C13H19N.C12H14ClNO/c1-3-16-15(10-5-4-9-14(15)17)12-7-6-8-13(11-12)18-2;1-3-16-15(11-5-4-6-14(15)17)13-9-7-12(2)8-10-13;1-15-14(9-4-3-8-13(14)16)11-6-5-7-12(10-11)17-2;1-11-7-3-4-8-12(11)14(15-2)10-6-5-9-13(14)16;1-11-6-8-12(9-7-11)14(15-2)10-4-3-5-13(14)16;1-2-15-14(11-7-6-10-13(14)16)12-8-4-3-5-9-12;1-11-7-5-6-10-13(11,14)12-8-3-2-4-9-12;13-10-6-2-1-5-9(10)12(14)8-4-3-7-11(12)15/h6-8,11,16H,3-5,9-10H2,1-2H3;7-10,16H,3-6,11H2,1-2H3;5-7,10,15H,3-4,8-9H2,1-2H3;3-4,7-8,15H,5-6,9-10H2,1-2H3;6-9,15H,3-5,10H2,1-2H3;3-5,8-9,15H,2,6-7,10-11H2,1H3;2-4,8-9,11H,5-7,10,14H2,1H3;1-2,5-6H,3-4,7-8,14H2/t2*15-;4*14-;11?,13-;12-/m01000011/s1. The third-order valence-electron chi connectivity index (χ3n) is 28.6. The van der Waals surface area contributed by atoms with Crippen molar-refractivity contribution in [2.75, 3.05) is 55.0 Å². The first-order valence-corrected chi connectivity index (χ1v) is 48.6. The number of halogens is 1. The van der Waals surface area contributed by atoms with Crippen LogP contribution in [-0.4, -0.2) is 95.5 Å². The third kappa shape index (κ3) is 25.3. The van der Waals surface area contributed by atoms with Gasteiger partial charge in [0.2, 0.25) is 0 Å². The fraction of sp³-hybridized carbons (Fsp3) is 0.505. The Morgan fingerprint density at radius 1 is 0.326 bits per heavy atom. The Kier molecular flexibility index (Phi) is 40.2. The molecular weight excluding hydrogens is 1620 g/mol. The van der Waals surface area contributed by atoms with Crippen molar-refractivity contribution in [3.8, 4) is 11.5 Å². The highest BCUT2D eigenvalue weighted by atomic mass is 35.5. The van der Waals surface area contributed by atoms with E-state index in [1.165, 1.54) is 41.5 Å². The van der Waals surface area contributed by atoms with Gasteiger partial charge in [0, 0.05) is 55.5 Å². The number of hydrogen-bond acceptors (Lipinski definition) is 17. The summed E-state index contributed by atoms with van der Waals surface area (Å²) in [5.74, 6) is 4.32. The van der Waals surface area contributed by atoms with Crippen LogP contribution < -0.4 is 52.8 Å². The van der Waals surface area contributed by atoms with Crippen molar-refractivity contribution in [3.63, 3.8) is 0 Å². The van der Waals surface area contributed by atoms with Crippen LogP contribution in [0.5, 0.6) is 11.5 Å². The summed E-state index contributed by atoms with van der Waals surface area (Å²) in [6.45, 7) is 17.1. The summed E-state index contributed by atoms with van der Waals surface area (Å²) in [5, 5.41) is 20.6. The van der Waals surface area contributed by atoms with E-state index in [0.717, 1.165) is 205 Å². The van der Waals surface area contributed by atoms with Gasteiger partial charge >= 0.3 is 0 Å². The minimum absolute atomic E-state index is 0.0699. The van der Waals surface area contributed by atoms with Crippen molar-refractivity contribution in [3.05, 3.63) is 272 Å². The summed E-state index contributed by atoms with van der Waals surface area (Å²) in [6, 6.07) is 68.6. The summed E-state index contributed by atoms with van der Waals surface area (Å²) in [6.07, 6.45) is 30.7. The number of aryl methyl sites for hydroxylation is 3. The Labute approximate surface area is 776 Å². The quantitative estimate of drug-likeness (QED) is 0.0374. The molecule has 8 aliphatic carbocycles. The largest absolute Gasteiger partial charge is 0.497 e. The molecule has 8 aromatic carbocycles. The molecule has 129 heavy (non-hydrogen) atoms. The van der Waals surface area contributed by atoms with Crippen molar-refractivity contribution in [1.29, 1.82) is 0 Å². The number of ether oxygens (including phenoxy) is 2. The van der Waals surface area contributed by atoms with Crippen LogP contribution in [0.2, 0.25) is 5.02 Å². The monoisotopic (exact) mass is 1780 g/mol. The molecule has 0 aromatic heterocycles. The maximum absolute atomic E-state index is 12.4. The number of likely N-dealkylation sites (N-methyl/N-ethyl adjacent to an activating group) is 6. The average Bonchev–Trinajstić information content (AvgIpc) is 0.792. The van der Waals surface area contributed by atoms with E-state index in [1.807, 2.05) is 125 Å². The number of carbonyl (C=O) groups excluding carboxylic acids is 7. The lowest BCUT2D eigenvalue weighted by atomic mass is 9.70. The number of benzene rings is 8. The molecule has 8 saturated carbocycles. The fourth-order valence-corrected chi connectivity index (χ4v) is 21.2. The SMILES string of the molecule is CC1CCCC[C@]1(N)c1ccccc1.CCN[C@@]1(c2ccc(C)cc2)CCCCC1=O.CCN[C@]1(c2cccc(OC)c2)CCCCC1=O.CCN[C@]1(c2ccccc2)CCCCC1=O.CN[C@]1(c2ccc(C)cc2)CCCCC1=O.CN[C@]1(c2cccc(OC)c2)CCCCC1=O.CN[C@]1(c2ccccc2C)CCCCC1=O.N[C@@]1(c2ccccc2Cl)CCCCC1=O. The zero-order chi connectivity index (χ0) is 93.1. The molecule has 0 aliphatic heterocycles. The summed E-state index contributed by atoms with van der Waals surface area (Å²) in [7, 11) is 8.96. The molecule has 9 atom stereocenters. The molecular formula is C111H151ClN8O9. The first kappa shape index (κ1) is 104. The van der Waals surface area contributed by atoms with E-state index >= 15 is 0 Å². The van der Waals surface area contributed by atoms with E-state index < -0.39 is 38.8 Å². The van der Waals surface area contributed by atoms with Gasteiger partial charge in [-0.05, 0) is 251 Å². The van der Waals surface area contributed by atoms with Crippen LogP contribution in [0, 0.1) is 26.7 Å². The number of rotatable bonds is 19. The number of nitrogens with one attached hydrogen (secondary N) is 6. The van der Waals surface area contributed by atoms with Gasteiger partial charge < -0.3 is 52.8 Å². The van der Waals surface area contributed by atoms with Crippen molar-refractivity contribution in [2.24, 2.45) is 17.4 Å². The molecule has 0 radical (unpaired) electrons. The van der Waals surface area contributed by atoms with Gasteiger partial charge in [-0.1, -0.05) is 284 Å². The van der Waals surface area contributed by atoms with Crippen LogP contribution in [0.25, 0.3) is 0 Å². The second kappa shape index (κ2) is 50.0. The number of carbonyl (C=O) groups is 7. The smallest absolute Gasteiger partial charge is 0.157 e. The Hall–Kier alpha value is -8.98. The third-order valence-corrected chi connectivity index (χ3v) is 29.0. The van der Waals surface area contributed by atoms with E-state index in [9.17, 15) is 33.6 Å². The summed E-state index contributed by atoms with van der Waals surface area (Å²) < 4.78 is 10.5. The molecule has 0 saturated heterocycles. The zero-order valence-electron chi connectivity index (χ0n) is 79.7. The maximum Gasteiger partial charge on any atom is 0.157 e. The molecule has 8 aliphatic rings. The van der Waals surface area contributed by atoms with Crippen molar-refractivity contribution in [1.82, 2.24) is 31.9 Å². The summed E-state index contributed by atoms with van der Waals surface area (Å²) >= 11 is 6.08. The van der Waals surface area contributed by atoms with Gasteiger partial charge in [-0.3, -0.25) is 33.6 Å². The Morgan fingerprint density at radius 3 is 1.01 bits per heavy atom. The highest BCUT2D eigenvalue weighted by Gasteiger charge is 2.47. The normalized spacial score (nSPS) is 26.1. The molecule has 696 valence electrons.